The van der Waals surface area contributed by atoms with Crippen LogP contribution in [-0.4, -0.2) is 6.29 Å². The van der Waals surface area contributed by atoms with Crippen LogP contribution in [0, 0.1) is 0 Å². The third kappa shape index (κ3) is 7.04. The Morgan fingerprint density at radius 1 is 0.846 bits per heavy atom. The molecule has 0 fully saturated rings. The van der Waals surface area contributed by atoms with E-state index in [0.29, 0.717) is 0 Å². The third-order valence-electron chi connectivity index (χ3n) is 0.570. The molecular weight excluding hydrogens is 206 g/mol. The second-order valence-corrected chi connectivity index (χ2v) is 1.51. The predicted molar refractivity (Wildman–Crippen MR) is 27.7 cm³/mol. The van der Waals surface area contributed by atoms with E-state index in [0.717, 1.165) is 0 Å². The molecule has 0 aliphatic carbocycles. The van der Waals surface area contributed by atoms with Gasteiger partial charge in [-0.15, -0.1) is 8.78 Å². The van der Waals surface area contributed by atoms with E-state index >= 15 is 0 Å². The van der Waals surface area contributed by atoms with Gasteiger partial charge in [0.1, 0.15) is 0 Å². The van der Waals surface area contributed by atoms with Gasteiger partial charge in [-0.3, -0.25) is 0 Å². The summed E-state index contributed by atoms with van der Waals surface area (Å²) in [6.45, 7) is 0. The molecule has 13 heavy (non-hydrogen) atoms. The van der Waals surface area contributed by atoms with Crippen LogP contribution in [0.1, 0.15) is 0 Å². The topological polar surface area (TPSA) is 18.5 Å². The van der Waals surface area contributed by atoms with Crippen LogP contribution in [0.3, 0.4) is 0 Å². The number of hydrogen-bond donors (Lipinski definition) is 0. The zero-order valence-corrected chi connectivity index (χ0v) is 5.74. The van der Waals surface area contributed by atoms with E-state index in [9.17, 15) is 26.3 Å². The molecule has 0 bridgehead atoms. The van der Waals surface area contributed by atoms with E-state index in [1.165, 1.54) is 0 Å². The lowest BCUT2D eigenvalue weighted by Crippen LogP contribution is -2.19. The second kappa shape index (κ2) is 4.63. The average Bonchev–Trinajstić information content (AvgIpc) is 1.98. The Morgan fingerprint density at radius 2 is 1.15 bits per heavy atom. The molecule has 0 saturated carbocycles. The molecule has 0 N–H and O–H groups in total. The number of alkyl halides is 2. The van der Waals surface area contributed by atoms with Crippen LogP contribution >= 0.6 is 0 Å². The fourth-order valence-electron chi connectivity index (χ4n) is 0.254. The van der Waals surface area contributed by atoms with Gasteiger partial charge < -0.3 is 9.47 Å². The lowest BCUT2D eigenvalue weighted by atomic mass is 11.0. The van der Waals surface area contributed by atoms with E-state index in [1.54, 1.807) is 0 Å². The summed E-state index contributed by atoms with van der Waals surface area (Å²) in [5.41, 5.74) is 0. The molecule has 0 amide bonds. The monoisotopic (exact) mass is 208 g/mol. The predicted octanol–water partition coefficient (Wildman–Crippen LogP) is 3.05. The highest BCUT2D eigenvalue weighted by atomic mass is 19.3. The van der Waals surface area contributed by atoms with Gasteiger partial charge in [-0.25, -0.2) is 0 Å². The number of rotatable bonds is 4. The lowest BCUT2D eigenvalue weighted by Gasteiger charge is -2.11. The quantitative estimate of drug-likeness (QED) is 0.401. The molecule has 0 aromatic rings. The molecule has 8 heteroatoms. The first-order valence-corrected chi connectivity index (χ1v) is 2.59. The third-order valence-corrected chi connectivity index (χ3v) is 0.570. The van der Waals surface area contributed by atoms with Gasteiger partial charge in [0.25, 0.3) is 0 Å². The van der Waals surface area contributed by atoms with Gasteiger partial charge in [-0.1, -0.05) is 0 Å². The zero-order valence-electron chi connectivity index (χ0n) is 5.74. The Morgan fingerprint density at radius 3 is 1.38 bits per heavy atom. The second-order valence-electron chi connectivity index (χ2n) is 1.51. The van der Waals surface area contributed by atoms with Crippen molar-refractivity contribution in [2.75, 3.05) is 0 Å². The summed E-state index contributed by atoms with van der Waals surface area (Å²) < 4.78 is 74.5. The van der Waals surface area contributed by atoms with E-state index in [-0.39, 0.29) is 0 Å². The average molecular weight is 208 g/mol. The van der Waals surface area contributed by atoms with Crippen LogP contribution in [-0.2, 0) is 9.47 Å². The standard InChI is InChI=1S/C5H2F6O2/c6-3(7)1-12-5(10,11)13-2-4(8)9/h1-2H. The Kier molecular flexibility index (Phi) is 4.15. The number of halogens is 6. The van der Waals surface area contributed by atoms with Crippen molar-refractivity contribution >= 4 is 0 Å². The van der Waals surface area contributed by atoms with E-state index in [1.807, 2.05) is 0 Å². The van der Waals surface area contributed by atoms with Crippen LogP contribution in [0.5, 0.6) is 0 Å². The highest BCUT2D eigenvalue weighted by molar-refractivity contribution is 4.73. The molecule has 0 heterocycles. The summed E-state index contributed by atoms with van der Waals surface area (Å²) in [6.07, 6.45) is -10.9. The summed E-state index contributed by atoms with van der Waals surface area (Å²) in [5.74, 6) is 0. The molecule has 0 aromatic carbocycles. The van der Waals surface area contributed by atoms with Gasteiger partial charge in [-0.05, 0) is 0 Å². The first kappa shape index (κ1) is 11.7. The van der Waals surface area contributed by atoms with Crippen molar-refractivity contribution in [1.82, 2.24) is 0 Å². The van der Waals surface area contributed by atoms with E-state index < -0.39 is 31.0 Å². The van der Waals surface area contributed by atoms with Gasteiger partial charge in [0.15, 0.2) is 12.5 Å². The van der Waals surface area contributed by atoms with Gasteiger partial charge >= 0.3 is 18.5 Å². The van der Waals surface area contributed by atoms with Crippen LogP contribution in [0.2, 0.25) is 0 Å². The van der Waals surface area contributed by atoms with Gasteiger partial charge in [0, 0.05) is 0 Å². The summed E-state index contributed by atoms with van der Waals surface area (Å²) in [7, 11) is 0. The minimum atomic E-state index is -4.55. The molecule has 0 aromatic heterocycles. The summed E-state index contributed by atoms with van der Waals surface area (Å²) in [5, 5.41) is 0. The first-order chi connectivity index (χ1) is 5.83. The van der Waals surface area contributed by atoms with Crippen molar-refractivity contribution in [2.24, 2.45) is 0 Å². The van der Waals surface area contributed by atoms with Crippen molar-refractivity contribution < 1.29 is 35.8 Å². The Bertz CT molecular complexity index is 193. The minimum Gasteiger partial charge on any atom is -0.402 e. The lowest BCUT2D eigenvalue weighted by molar-refractivity contribution is -0.352. The van der Waals surface area contributed by atoms with Crippen LogP contribution in [0.25, 0.3) is 0 Å². The molecule has 2 nitrogen and oxygen atoms in total. The number of ether oxygens (including phenoxy) is 2. The normalized spacial score (nSPS) is 10.3. The van der Waals surface area contributed by atoms with Crippen molar-refractivity contribution in [3.8, 4) is 0 Å². The molecule has 0 saturated heterocycles. The molecule has 0 aliphatic rings. The Labute approximate surface area is 68.0 Å². The zero-order chi connectivity index (χ0) is 10.5. The van der Waals surface area contributed by atoms with Crippen molar-refractivity contribution in [1.29, 1.82) is 0 Å². The summed E-state index contributed by atoms with van der Waals surface area (Å²) in [4.78, 5) is 0. The largest absolute Gasteiger partial charge is 0.585 e. The number of hydrogen-bond acceptors (Lipinski definition) is 2. The van der Waals surface area contributed by atoms with Crippen molar-refractivity contribution in [3.05, 3.63) is 24.7 Å². The molecule has 0 radical (unpaired) electrons. The fourth-order valence-corrected chi connectivity index (χ4v) is 0.254. The van der Waals surface area contributed by atoms with Crippen molar-refractivity contribution in [3.63, 3.8) is 0 Å². The molecule has 0 unspecified atom stereocenters. The molecule has 0 atom stereocenters. The van der Waals surface area contributed by atoms with Crippen LogP contribution in [0.15, 0.2) is 24.7 Å². The first-order valence-electron chi connectivity index (χ1n) is 2.59. The van der Waals surface area contributed by atoms with E-state index in [2.05, 4.69) is 9.47 Å². The Hall–Kier alpha value is -1.34. The SMILES string of the molecule is FC(F)=COC(F)(F)OC=C(F)F. The molecule has 0 aliphatic heterocycles. The maximum atomic E-state index is 11.9. The van der Waals surface area contributed by atoms with Crippen molar-refractivity contribution in [2.45, 2.75) is 6.29 Å². The Balaban J connectivity index is 4.09. The highest BCUT2D eigenvalue weighted by Gasteiger charge is 2.33. The minimum absolute atomic E-state index is 0.621. The maximum Gasteiger partial charge on any atom is 0.585 e. The smallest absolute Gasteiger partial charge is 0.402 e. The maximum absolute atomic E-state index is 11.9. The van der Waals surface area contributed by atoms with Gasteiger partial charge in [0.2, 0.25) is 0 Å². The van der Waals surface area contributed by atoms with Gasteiger partial charge in [-0.2, -0.15) is 17.6 Å². The molecule has 0 spiro atoms. The summed E-state index contributed by atoms with van der Waals surface area (Å²) in [6, 6.07) is 0. The molecular formula is C5H2F6O2. The fraction of sp³-hybridized carbons (Fsp3) is 0.200. The molecule has 76 valence electrons. The van der Waals surface area contributed by atoms with Crippen LogP contribution < -0.4 is 0 Å². The van der Waals surface area contributed by atoms with Crippen LogP contribution in [0.4, 0.5) is 26.3 Å². The van der Waals surface area contributed by atoms with Gasteiger partial charge in [0.05, 0.1) is 0 Å². The summed E-state index contributed by atoms with van der Waals surface area (Å²) >= 11 is 0. The van der Waals surface area contributed by atoms with E-state index in [4.69, 9.17) is 0 Å². The highest BCUT2D eigenvalue weighted by Crippen LogP contribution is 2.20. The molecule has 0 rings (SSSR count).